The van der Waals surface area contributed by atoms with E-state index < -0.39 is 0 Å². The standard InChI is InChI=1S/C7H9N3O/c1-10-5-8-4-6(10)7-9-2-3-11-7/h4-5H,2-3H2,1H3. The minimum atomic E-state index is 0.695. The molecule has 0 saturated heterocycles. The number of ether oxygens (including phenoxy) is 1. The second-order valence-corrected chi connectivity index (χ2v) is 2.43. The number of aryl methyl sites for hydroxylation is 1. The first-order valence-electron chi connectivity index (χ1n) is 3.52. The second-order valence-electron chi connectivity index (χ2n) is 2.43. The molecule has 4 heteroatoms. The molecule has 0 saturated carbocycles. The molecule has 1 aromatic rings. The van der Waals surface area contributed by atoms with E-state index in [1.807, 2.05) is 11.6 Å². The largest absolute Gasteiger partial charge is 0.474 e. The number of aliphatic imine (C=N–C) groups is 1. The van der Waals surface area contributed by atoms with Crippen LogP contribution in [0.4, 0.5) is 0 Å². The third-order valence-corrected chi connectivity index (χ3v) is 1.62. The molecular weight excluding hydrogens is 142 g/mol. The highest BCUT2D eigenvalue weighted by Gasteiger charge is 2.12. The summed E-state index contributed by atoms with van der Waals surface area (Å²) < 4.78 is 7.16. The Bertz CT molecular complexity index is 290. The van der Waals surface area contributed by atoms with Gasteiger partial charge in [0.05, 0.1) is 19.1 Å². The number of aromatic nitrogens is 2. The van der Waals surface area contributed by atoms with E-state index in [-0.39, 0.29) is 0 Å². The van der Waals surface area contributed by atoms with E-state index in [0.29, 0.717) is 12.5 Å². The summed E-state index contributed by atoms with van der Waals surface area (Å²) in [6.45, 7) is 1.46. The molecule has 4 nitrogen and oxygen atoms in total. The number of hydrogen-bond acceptors (Lipinski definition) is 3. The monoisotopic (exact) mass is 151 g/mol. The van der Waals surface area contributed by atoms with Gasteiger partial charge in [0.15, 0.2) is 0 Å². The maximum atomic E-state index is 5.27. The van der Waals surface area contributed by atoms with Crippen LogP contribution in [0.5, 0.6) is 0 Å². The third kappa shape index (κ3) is 1.00. The zero-order valence-corrected chi connectivity index (χ0v) is 6.32. The van der Waals surface area contributed by atoms with Gasteiger partial charge in [-0.05, 0) is 0 Å². The van der Waals surface area contributed by atoms with Crippen LogP contribution in [-0.2, 0) is 11.8 Å². The lowest BCUT2D eigenvalue weighted by Gasteiger charge is -2.00. The van der Waals surface area contributed by atoms with Gasteiger partial charge in [-0.1, -0.05) is 0 Å². The van der Waals surface area contributed by atoms with Crippen LogP contribution in [0.1, 0.15) is 5.69 Å². The number of nitrogens with zero attached hydrogens (tertiary/aromatic N) is 3. The lowest BCUT2D eigenvalue weighted by molar-refractivity contribution is 0.346. The summed E-state index contributed by atoms with van der Waals surface area (Å²) in [6.07, 6.45) is 3.49. The first kappa shape index (κ1) is 6.39. The minimum Gasteiger partial charge on any atom is -0.474 e. The van der Waals surface area contributed by atoms with Crippen LogP contribution >= 0.6 is 0 Å². The van der Waals surface area contributed by atoms with Crippen LogP contribution in [0.25, 0.3) is 0 Å². The van der Waals surface area contributed by atoms with E-state index in [0.717, 1.165) is 12.2 Å². The van der Waals surface area contributed by atoms with E-state index >= 15 is 0 Å². The summed E-state index contributed by atoms with van der Waals surface area (Å²) in [5.41, 5.74) is 0.947. The Morgan fingerprint density at radius 1 is 1.64 bits per heavy atom. The summed E-state index contributed by atoms with van der Waals surface area (Å²) in [7, 11) is 1.92. The Hall–Kier alpha value is -1.32. The van der Waals surface area contributed by atoms with Crippen molar-refractivity contribution in [1.29, 1.82) is 0 Å². The number of rotatable bonds is 1. The first-order chi connectivity index (χ1) is 5.38. The Morgan fingerprint density at radius 2 is 2.55 bits per heavy atom. The average Bonchev–Trinajstić information content (AvgIpc) is 2.55. The molecule has 0 bridgehead atoms. The van der Waals surface area contributed by atoms with Gasteiger partial charge in [-0.15, -0.1) is 0 Å². The molecule has 0 aliphatic carbocycles. The number of imidazole rings is 1. The third-order valence-electron chi connectivity index (χ3n) is 1.62. The highest BCUT2D eigenvalue weighted by Crippen LogP contribution is 2.04. The summed E-state index contributed by atoms with van der Waals surface area (Å²) in [5.74, 6) is 0.713. The molecule has 1 aliphatic rings. The molecule has 2 rings (SSSR count). The first-order valence-corrected chi connectivity index (χ1v) is 3.52. The van der Waals surface area contributed by atoms with Crippen LogP contribution in [0.15, 0.2) is 17.5 Å². The predicted octanol–water partition coefficient (Wildman–Crippen LogP) is 0.197. The van der Waals surface area contributed by atoms with Crippen LogP contribution < -0.4 is 0 Å². The van der Waals surface area contributed by atoms with Gasteiger partial charge >= 0.3 is 0 Å². The smallest absolute Gasteiger partial charge is 0.235 e. The molecular formula is C7H9N3O. The molecule has 0 spiro atoms. The molecule has 11 heavy (non-hydrogen) atoms. The molecule has 0 aromatic carbocycles. The number of hydrogen-bond donors (Lipinski definition) is 0. The van der Waals surface area contributed by atoms with Crippen molar-refractivity contribution in [2.45, 2.75) is 0 Å². The van der Waals surface area contributed by atoms with Crippen LogP contribution in [0.2, 0.25) is 0 Å². The Labute approximate surface area is 64.5 Å². The van der Waals surface area contributed by atoms with Crippen LogP contribution in [0.3, 0.4) is 0 Å². The van der Waals surface area contributed by atoms with Crippen molar-refractivity contribution in [3.05, 3.63) is 18.2 Å². The van der Waals surface area contributed by atoms with Gasteiger partial charge in [-0.3, -0.25) is 0 Å². The van der Waals surface area contributed by atoms with Gasteiger partial charge in [-0.2, -0.15) is 0 Å². The van der Waals surface area contributed by atoms with Crippen molar-refractivity contribution in [3.8, 4) is 0 Å². The second kappa shape index (κ2) is 2.38. The van der Waals surface area contributed by atoms with E-state index in [2.05, 4.69) is 9.98 Å². The molecule has 1 aromatic heterocycles. The molecule has 0 unspecified atom stereocenters. The Kier molecular flexibility index (Phi) is 1.38. The van der Waals surface area contributed by atoms with Gasteiger partial charge in [0, 0.05) is 7.05 Å². The summed E-state index contributed by atoms with van der Waals surface area (Å²) >= 11 is 0. The lowest BCUT2D eigenvalue weighted by atomic mass is 10.5. The Balaban J connectivity index is 2.35. The fourth-order valence-corrected chi connectivity index (χ4v) is 1.05. The van der Waals surface area contributed by atoms with Gasteiger partial charge in [0.25, 0.3) is 0 Å². The molecule has 0 amide bonds. The topological polar surface area (TPSA) is 39.4 Å². The van der Waals surface area contributed by atoms with Crippen molar-refractivity contribution in [3.63, 3.8) is 0 Å². The fraction of sp³-hybridized carbons (Fsp3) is 0.429. The van der Waals surface area contributed by atoms with Gasteiger partial charge < -0.3 is 9.30 Å². The van der Waals surface area contributed by atoms with E-state index in [9.17, 15) is 0 Å². The maximum absolute atomic E-state index is 5.27. The Morgan fingerprint density at radius 3 is 3.09 bits per heavy atom. The molecule has 1 aliphatic heterocycles. The molecule has 0 radical (unpaired) electrons. The van der Waals surface area contributed by atoms with Gasteiger partial charge in [0.2, 0.25) is 5.90 Å². The molecule has 58 valence electrons. The fourth-order valence-electron chi connectivity index (χ4n) is 1.05. The maximum Gasteiger partial charge on any atom is 0.235 e. The van der Waals surface area contributed by atoms with E-state index in [4.69, 9.17) is 4.74 Å². The van der Waals surface area contributed by atoms with E-state index in [1.165, 1.54) is 0 Å². The van der Waals surface area contributed by atoms with Gasteiger partial charge in [-0.25, -0.2) is 9.98 Å². The van der Waals surface area contributed by atoms with E-state index in [1.54, 1.807) is 12.5 Å². The highest BCUT2D eigenvalue weighted by molar-refractivity contribution is 5.93. The molecule has 0 atom stereocenters. The van der Waals surface area contributed by atoms with Crippen molar-refractivity contribution >= 4 is 5.90 Å². The summed E-state index contributed by atoms with van der Waals surface area (Å²) in [6, 6.07) is 0. The van der Waals surface area contributed by atoms with Crippen LogP contribution in [0, 0.1) is 0 Å². The molecule has 0 fully saturated rings. The molecule has 2 heterocycles. The minimum absolute atomic E-state index is 0.695. The quantitative estimate of drug-likeness (QED) is 0.575. The van der Waals surface area contributed by atoms with Crippen molar-refractivity contribution in [1.82, 2.24) is 9.55 Å². The summed E-state index contributed by atoms with van der Waals surface area (Å²) in [5, 5.41) is 0. The zero-order chi connectivity index (χ0) is 7.68. The average molecular weight is 151 g/mol. The van der Waals surface area contributed by atoms with Crippen molar-refractivity contribution in [2.24, 2.45) is 12.0 Å². The highest BCUT2D eigenvalue weighted by atomic mass is 16.5. The molecule has 0 N–H and O–H groups in total. The SMILES string of the molecule is Cn1cncc1C1=NCCO1. The summed E-state index contributed by atoms with van der Waals surface area (Å²) in [4.78, 5) is 8.14. The lowest BCUT2D eigenvalue weighted by Crippen LogP contribution is -2.06. The van der Waals surface area contributed by atoms with Gasteiger partial charge in [0.1, 0.15) is 12.3 Å². The predicted molar refractivity (Wildman–Crippen MR) is 40.6 cm³/mol. The van der Waals surface area contributed by atoms with Crippen molar-refractivity contribution < 1.29 is 4.74 Å². The van der Waals surface area contributed by atoms with Crippen molar-refractivity contribution in [2.75, 3.05) is 13.2 Å². The van der Waals surface area contributed by atoms with Crippen LogP contribution in [-0.4, -0.2) is 28.6 Å². The normalized spacial score (nSPS) is 16.3. The zero-order valence-electron chi connectivity index (χ0n) is 6.32.